The molecular formula is C8H14N4O2S. The van der Waals surface area contributed by atoms with Crippen LogP contribution in [0.3, 0.4) is 0 Å². The van der Waals surface area contributed by atoms with Crippen molar-refractivity contribution in [1.82, 2.24) is 4.98 Å². The highest BCUT2D eigenvalue weighted by Crippen LogP contribution is 2.10. The standard InChI is InChI=1S/C8H14N4O2S/c1-10-8-6-7(2-3-12-8)11-4-5-15(9,13)14/h2-3,6H,4-5H2,1H3,(H2,9,13,14)(H2,10,11,12). The number of rotatable bonds is 5. The first kappa shape index (κ1) is 11.7. The summed E-state index contributed by atoms with van der Waals surface area (Å²) < 4.78 is 21.3. The quantitative estimate of drug-likeness (QED) is 0.652. The van der Waals surface area contributed by atoms with Crippen molar-refractivity contribution < 1.29 is 8.42 Å². The molecule has 0 saturated heterocycles. The van der Waals surface area contributed by atoms with Crippen LogP contribution in [0.4, 0.5) is 11.5 Å². The van der Waals surface area contributed by atoms with Gasteiger partial charge in [-0.15, -0.1) is 0 Å². The lowest BCUT2D eigenvalue weighted by molar-refractivity contribution is 0.598. The van der Waals surface area contributed by atoms with E-state index in [1.165, 1.54) is 0 Å². The number of hydrogen-bond acceptors (Lipinski definition) is 5. The molecule has 1 aromatic rings. The number of aromatic nitrogens is 1. The van der Waals surface area contributed by atoms with Crippen molar-refractivity contribution in [2.24, 2.45) is 5.14 Å². The van der Waals surface area contributed by atoms with Crippen LogP contribution >= 0.6 is 0 Å². The molecule has 0 aliphatic heterocycles. The zero-order valence-corrected chi connectivity index (χ0v) is 9.21. The summed E-state index contributed by atoms with van der Waals surface area (Å²) in [4.78, 5) is 4.02. The van der Waals surface area contributed by atoms with Gasteiger partial charge < -0.3 is 10.6 Å². The van der Waals surface area contributed by atoms with Gasteiger partial charge in [-0.1, -0.05) is 0 Å². The van der Waals surface area contributed by atoms with E-state index in [4.69, 9.17) is 5.14 Å². The molecule has 0 saturated carbocycles. The molecular weight excluding hydrogens is 216 g/mol. The number of nitrogens with one attached hydrogen (secondary N) is 2. The Morgan fingerprint density at radius 2 is 2.27 bits per heavy atom. The number of anilines is 2. The molecule has 0 unspecified atom stereocenters. The Kier molecular flexibility index (Phi) is 3.87. The summed E-state index contributed by atoms with van der Waals surface area (Å²) in [5.41, 5.74) is 0.804. The summed E-state index contributed by atoms with van der Waals surface area (Å²) in [6.07, 6.45) is 1.63. The van der Waals surface area contributed by atoms with Crippen LogP contribution in [0.1, 0.15) is 0 Å². The Morgan fingerprint density at radius 1 is 1.53 bits per heavy atom. The maximum Gasteiger partial charge on any atom is 0.210 e. The van der Waals surface area contributed by atoms with E-state index in [1.807, 2.05) is 0 Å². The lowest BCUT2D eigenvalue weighted by Gasteiger charge is -2.06. The van der Waals surface area contributed by atoms with Crippen molar-refractivity contribution >= 4 is 21.5 Å². The van der Waals surface area contributed by atoms with Crippen molar-refractivity contribution in [3.63, 3.8) is 0 Å². The average Bonchev–Trinajstić information content (AvgIpc) is 2.16. The average molecular weight is 230 g/mol. The zero-order valence-electron chi connectivity index (χ0n) is 8.40. The van der Waals surface area contributed by atoms with E-state index in [9.17, 15) is 8.42 Å². The van der Waals surface area contributed by atoms with E-state index in [1.54, 1.807) is 25.4 Å². The summed E-state index contributed by atoms with van der Waals surface area (Å²) in [5, 5.41) is 10.7. The van der Waals surface area contributed by atoms with Crippen molar-refractivity contribution in [1.29, 1.82) is 0 Å². The number of nitrogens with two attached hydrogens (primary N) is 1. The van der Waals surface area contributed by atoms with Crippen LogP contribution in [0.5, 0.6) is 0 Å². The van der Waals surface area contributed by atoms with Crippen LogP contribution in [0.25, 0.3) is 0 Å². The van der Waals surface area contributed by atoms with E-state index >= 15 is 0 Å². The van der Waals surface area contributed by atoms with Gasteiger partial charge in [-0.05, 0) is 6.07 Å². The van der Waals surface area contributed by atoms with Gasteiger partial charge in [0, 0.05) is 31.5 Å². The predicted molar refractivity (Wildman–Crippen MR) is 60.2 cm³/mol. The maximum atomic E-state index is 10.7. The molecule has 1 aromatic heterocycles. The Bertz CT molecular complexity index is 418. The minimum Gasteiger partial charge on any atom is -0.384 e. The summed E-state index contributed by atoms with van der Waals surface area (Å²) in [7, 11) is -1.64. The van der Waals surface area contributed by atoms with Crippen LogP contribution < -0.4 is 15.8 Å². The highest BCUT2D eigenvalue weighted by Gasteiger charge is 2.01. The summed E-state index contributed by atoms with van der Waals surface area (Å²) in [6.45, 7) is 0.284. The largest absolute Gasteiger partial charge is 0.384 e. The molecule has 0 aromatic carbocycles. The molecule has 0 aliphatic rings. The number of hydrogen-bond donors (Lipinski definition) is 3. The predicted octanol–water partition coefficient (Wildman–Crippen LogP) is -0.176. The normalized spacial score (nSPS) is 11.1. The van der Waals surface area contributed by atoms with E-state index in [0.29, 0.717) is 0 Å². The summed E-state index contributed by atoms with van der Waals surface area (Å²) in [5.74, 6) is 0.625. The topological polar surface area (TPSA) is 97.1 Å². The molecule has 1 rings (SSSR count). The van der Waals surface area contributed by atoms with Crippen LogP contribution in [0.15, 0.2) is 18.3 Å². The summed E-state index contributed by atoms with van der Waals surface area (Å²) in [6, 6.07) is 3.53. The molecule has 0 fully saturated rings. The highest BCUT2D eigenvalue weighted by atomic mass is 32.2. The first-order chi connectivity index (χ1) is 7.01. The van der Waals surface area contributed by atoms with Gasteiger partial charge in [0.05, 0.1) is 5.75 Å². The number of sulfonamides is 1. The third kappa shape index (κ3) is 4.61. The maximum absolute atomic E-state index is 10.7. The van der Waals surface area contributed by atoms with Gasteiger partial charge in [0.15, 0.2) is 0 Å². The van der Waals surface area contributed by atoms with Crippen LogP contribution in [-0.2, 0) is 10.0 Å². The van der Waals surface area contributed by atoms with Crippen molar-refractivity contribution in [2.45, 2.75) is 0 Å². The Labute approximate surface area is 88.9 Å². The molecule has 0 radical (unpaired) electrons. The van der Waals surface area contributed by atoms with E-state index in [-0.39, 0.29) is 12.3 Å². The number of primary sulfonamides is 1. The molecule has 0 spiro atoms. The van der Waals surface area contributed by atoms with Crippen LogP contribution in [0.2, 0.25) is 0 Å². The molecule has 84 valence electrons. The van der Waals surface area contributed by atoms with E-state index in [0.717, 1.165) is 11.5 Å². The van der Waals surface area contributed by atoms with Gasteiger partial charge in [-0.25, -0.2) is 18.5 Å². The second kappa shape index (κ2) is 4.94. The molecule has 6 nitrogen and oxygen atoms in total. The van der Waals surface area contributed by atoms with Gasteiger partial charge in [-0.2, -0.15) is 0 Å². The minimum atomic E-state index is -3.40. The second-order valence-electron chi connectivity index (χ2n) is 2.97. The Hall–Kier alpha value is -1.34. The fraction of sp³-hybridized carbons (Fsp3) is 0.375. The van der Waals surface area contributed by atoms with Gasteiger partial charge in [0.2, 0.25) is 10.0 Å². The van der Waals surface area contributed by atoms with Crippen molar-refractivity contribution in [3.05, 3.63) is 18.3 Å². The summed E-state index contributed by atoms with van der Waals surface area (Å²) >= 11 is 0. The lowest BCUT2D eigenvalue weighted by Crippen LogP contribution is -2.22. The number of pyridine rings is 1. The van der Waals surface area contributed by atoms with Crippen LogP contribution in [-0.4, -0.2) is 32.7 Å². The molecule has 7 heteroatoms. The van der Waals surface area contributed by atoms with Crippen LogP contribution in [0, 0.1) is 0 Å². The Balaban J connectivity index is 2.51. The lowest BCUT2D eigenvalue weighted by atomic mass is 10.4. The van der Waals surface area contributed by atoms with E-state index < -0.39 is 10.0 Å². The zero-order chi connectivity index (χ0) is 11.3. The molecule has 4 N–H and O–H groups in total. The molecule has 15 heavy (non-hydrogen) atoms. The molecule has 0 amide bonds. The fourth-order valence-corrected chi connectivity index (χ4v) is 1.40. The minimum absolute atomic E-state index is 0.0930. The molecule has 0 bridgehead atoms. The van der Waals surface area contributed by atoms with Gasteiger partial charge >= 0.3 is 0 Å². The SMILES string of the molecule is CNc1cc(NCCS(N)(=O)=O)ccn1. The number of nitrogens with zero attached hydrogens (tertiary/aromatic N) is 1. The molecule has 0 aliphatic carbocycles. The molecule has 0 atom stereocenters. The molecule has 1 heterocycles. The van der Waals surface area contributed by atoms with Crippen molar-refractivity contribution in [3.8, 4) is 0 Å². The third-order valence-corrected chi connectivity index (χ3v) is 2.50. The Morgan fingerprint density at radius 3 is 2.87 bits per heavy atom. The highest BCUT2D eigenvalue weighted by molar-refractivity contribution is 7.89. The smallest absolute Gasteiger partial charge is 0.210 e. The van der Waals surface area contributed by atoms with Crippen molar-refractivity contribution in [2.75, 3.05) is 30.0 Å². The van der Waals surface area contributed by atoms with Gasteiger partial charge in [0.1, 0.15) is 5.82 Å². The third-order valence-electron chi connectivity index (χ3n) is 1.73. The fourth-order valence-electron chi connectivity index (χ4n) is 1.01. The first-order valence-corrected chi connectivity index (χ1v) is 6.11. The van der Waals surface area contributed by atoms with Gasteiger partial charge in [-0.3, -0.25) is 0 Å². The monoisotopic (exact) mass is 230 g/mol. The second-order valence-corrected chi connectivity index (χ2v) is 4.71. The first-order valence-electron chi connectivity index (χ1n) is 4.39. The van der Waals surface area contributed by atoms with Gasteiger partial charge in [0.25, 0.3) is 0 Å². The van der Waals surface area contributed by atoms with E-state index in [2.05, 4.69) is 15.6 Å².